The van der Waals surface area contributed by atoms with E-state index in [0.29, 0.717) is 4.90 Å². The number of hydrogen-bond donors (Lipinski definition) is 1. The van der Waals surface area contributed by atoms with E-state index in [-0.39, 0.29) is 25.2 Å². The molecule has 112 valence electrons. The number of carbonyl (C=O) groups is 1. The van der Waals surface area contributed by atoms with Crippen LogP contribution in [0.3, 0.4) is 0 Å². The van der Waals surface area contributed by atoms with Crippen LogP contribution in [0.15, 0.2) is 24.3 Å². The van der Waals surface area contributed by atoms with Crippen LogP contribution < -0.4 is 10.6 Å². The topological polar surface area (TPSA) is 46.3 Å². The zero-order chi connectivity index (χ0) is 15.3. The number of rotatable bonds is 6. The molecule has 0 atom stereocenters. The van der Waals surface area contributed by atoms with Crippen LogP contribution in [-0.4, -0.2) is 31.3 Å². The Morgan fingerprint density at radius 3 is 2.55 bits per heavy atom. The van der Waals surface area contributed by atoms with Gasteiger partial charge < -0.3 is 10.6 Å². The highest BCUT2D eigenvalue weighted by atomic mass is 19.3. The van der Waals surface area contributed by atoms with Crippen LogP contribution >= 0.6 is 0 Å². The van der Waals surface area contributed by atoms with Crippen LogP contribution in [0.5, 0.6) is 0 Å². The number of halogens is 4. The molecule has 0 saturated carbocycles. The number of carbonyl (C=O) groups excluding carboxylic acids is 1. The second-order valence-electron chi connectivity index (χ2n) is 4.36. The lowest BCUT2D eigenvalue weighted by Crippen LogP contribution is -2.48. The Kier molecular flexibility index (Phi) is 5.50. The number of benzene rings is 1. The number of nitrogens with zero attached hydrogens (tertiary/aromatic N) is 1. The summed E-state index contributed by atoms with van der Waals surface area (Å²) in [5, 5.41) is 0. The van der Waals surface area contributed by atoms with Gasteiger partial charge in [0.25, 0.3) is 0 Å². The molecule has 1 aromatic rings. The third-order valence-corrected chi connectivity index (χ3v) is 2.70. The minimum absolute atomic E-state index is 0.138. The molecular formula is C13H16F4N2O. The van der Waals surface area contributed by atoms with Crippen molar-refractivity contribution in [2.75, 3.05) is 18.0 Å². The SMILES string of the molecule is Cc1cccc(N(CCCN)C(=O)C(F)(F)C(F)F)c1. The molecule has 0 aromatic heterocycles. The fraction of sp³-hybridized carbons (Fsp3) is 0.462. The molecule has 1 rings (SSSR count). The standard InChI is InChI=1S/C13H16F4N2O/c1-9-4-2-5-10(8-9)19(7-3-6-18)12(20)13(16,17)11(14)15/h2,4-5,8,11H,3,6-7,18H2,1H3. The zero-order valence-corrected chi connectivity index (χ0v) is 11.0. The molecule has 20 heavy (non-hydrogen) atoms. The number of anilines is 1. The van der Waals surface area contributed by atoms with E-state index in [9.17, 15) is 22.4 Å². The highest BCUT2D eigenvalue weighted by Crippen LogP contribution is 2.28. The van der Waals surface area contributed by atoms with Gasteiger partial charge >= 0.3 is 18.3 Å². The summed E-state index contributed by atoms with van der Waals surface area (Å²) in [5.41, 5.74) is 6.17. The van der Waals surface area contributed by atoms with E-state index in [4.69, 9.17) is 5.73 Å². The Bertz CT molecular complexity index is 465. The minimum atomic E-state index is -4.71. The van der Waals surface area contributed by atoms with Gasteiger partial charge in [-0.3, -0.25) is 4.79 Å². The summed E-state index contributed by atoms with van der Waals surface area (Å²) in [6.07, 6.45) is -3.81. The van der Waals surface area contributed by atoms with E-state index in [2.05, 4.69) is 0 Å². The maximum atomic E-state index is 13.2. The Labute approximate surface area is 114 Å². The zero-order valence-electron chi connectivity index (χ0n) is 11.0. The largest absolute Gasteiger partial charge is 0.384 e. The van der Waals surface area contributed by atoms with Crippen molar-refractivity contribution in [1.29, 1.82) is 0 Å². The Balaban J connectivity index is 3.09. The van der Waals surface area contributed by atoms with Crippen LogP contribution in [0.4, 0.5) is 23.2 Å². The molecule has 0 saturated heterocycles. The first kappa shape index (κ1) is 16.4. The fourth-order valence-corrected chi connectivity index (χ4v) is 1.67. The monoisotopic (exact) mass is 292 g/mol. The highest BCUT2D eigenvalue weighted by Gasteiger charge is 2.51. The van der Waals surface area contributed by atoms with Crippen molar-refractivity contribution in [3.05, 3.63) is 29.8 Å². The lowest BCUT2D eigenvalue weighted by atomic mass is 10.1. The van der Waals surface area contributed by atoms with Crippen LogP contribution in [0.1, 0.15) is 12.0 Å². The van der Waals surface area contributed by atoms with Crippen LogP contribution in [0.2, 0.25) is 0 Å². The summed E-state index contributed by atoms with van der Waals surface area (Å²) < 4.78 is 51.1. The quantitative estimate of drug-likeness (QED) is 0.819. The first-order valence-corrected chi connectivity index (χ1v) is 6.05. The van der Waals surface area contributed by atoms with Gasteiger partial charge in [0.05, 0.1) is 0 Å². The van der Waals surface area contributed by atoms with Crippen molar-refractivity contribution in [3.8, 4) is 0 Å². The molecule has 0 heterocycles. The molecular weight excluding hydrogens is 276 g/mol. The highest BCUT2D eigenvalue weighted by molar-refractivity contribution is 5.98. The maximum absolute atomic E-state index is 13.2. The van der Waals surface area contributed by atoms with E-state index in [1.165, 1.54) is 12.1 Å². The Morgan fingerprint density at radius 1 is 1.40 bits per heavy atom. The number of amides is 1. The number of aryl methyl sites for hydroxylation is 1. The van der Waals surface area contributed by atoms with Crippen molar-refractivity contribution in [3.63, 3.8) is 0 Å². The lowest BCUT2D eigenvalue weighted by Gasteiger charge is -2.27. The molecule has 7 heteroatoms. The molecule has 3 nitrogen and oxygen atoms in total. The van der Waals surface area contributed by atoms with Crippen LogP contribution in [0, 0.1) is 6.92 Å². The number of hydrogen-bond acceptors (Lipinski definition) is 2. The molecule has 0 aliphatic carbocycles. The van der Waals surface area contributed by atoms with E-state index in [1.807, 2.05) is 0 Å². The average Bonchev–Trinajstić information content (AvgIpc) is 2.38. The minimum Gasteiger partial charge on any atom is -0.330 e. The van der Waals surface area contributed by atoms with Gasteiger partial charge in [0.15, 0.2) is 0 Å². The van der Waals surface area contributed by atoms with Crippen molar-refractivity contribution >= 4 is 11.6 Å². The molecule has 2 N–H and O–H groups in total. The molecule has 1 amide bonds. The van der Waals surface area contributed by atoms with Gasteiger partial charge in [0.2, 0.25) is 0 Å². The number of alkyl halides is 4. The summed E-state index contributed by atoms with van der Waals surface area (Å²) in [4.78, 5) is 12.3. The first-order valence-electron chi connectivity index (χ1n) is 6.05. The van der Waals surface area contributed by atoms with Gasteiger partial charge in [0, 0.05) is 12.2 Å². The first-order chi connectivity index (χ1) is 9.30. The second kappa shape index (κ2) is 6.69. The van der Waals surface area contributed by atoms with Crippen molar-refractivity contribution in [1.82, 2.24) is 0 Å². The predicted molar refractivity (Wildman–Crippen MR) is 68.2 cm³/mol. The van der Waals surface area contributed by atoms with Gasteiger partial charge in [-0.25, -0.2) is 8.78 Å². The molecule has 0 fully saturated rings. The fourth-order valence-electron chi connectivity index (χ4n) is 1.67. The van der Waals surface area contributed by atoms with Gasteiger partial charge in [-0.05, 0) is 37.6 Å². The molecule has 0 unspecified atom stereocenters. The third kappa shape index (κ3) is 3.69. The van der Waals surface area contributed by atoms with Gasteiger partial charge in [-0.2, -0.15) is 8.78 Å². The molecule has 1 aromatic carbocycles. The summed E-state index contributed by atoms with van der Waals surface area (Å²) in [6.45, 7) is 1.73. The van der Waals surface area contributed by atoms with Crippen LogP contribution in [-0.2, 0) is 4.79 Å². The van der Waals surface area contributed by atoms with E-state index in [0.717, 1.165) is 5.56 Å². The Morgan fingerprint density at radius 2 is 2.05 bits per heavy atom. The van der Waals surface area contributed by atoms with Gasteiger partial charge in [0.1, 0.15) is 0 Å². The number of nitrogens with two attached hydrogens (primary N) is 1. The van der Waals surface area contributed by atoms with E-state index < -0.39 is 18.3 Å². The molecule has 0 spiro atoms. The predicted octanol–water partition coefficient (Wildman–Crippen LogP) is 2.58. The maximum Gasteiger partial charge on any atom is 0.384 e. The van der Waals surface area contributed by atoms with E-state index >= 15 is 0 Å². The summed E-state index contributed by atoms with van der Waals surface area (Å²) in [5.74, 6) is -6.62. The molecule has 0 aliphatic heterocycles. The third-order valence-electron chi connectivity index (χ3n) is 2.70. The Hall–Kier alpha value is -1.63. The molecule has 0 bridgehead atoms. The second-order valence-corrected chi connectivity index (χ2v) is 4.36. The lowest BCUT2D eigenvalue weighted by molar-refractivity contribution is -0.166. The van der Waals surface area contributed by atoms with Gasteiger partial charge in [-0.1, -0.05) is 12.1 Å². The summed E-state index contributed by atoms with van der Waals surface area (Å²) in [6, 6.07) is 6.17. The van der Waals surface area contributed by atoms with E-state index in [1.54, 1.807) is 19.1 Å². The average molecular weight is 292 g/mol. The van der Waals surface area contributed by atoms with Gasteiger partial charge in [-0.15, -0.1) is 0 Å². The summed E-state index contributed by atoms with van der Waals surface area (Å²) in [7, 11) is 0. The molecule has 0 radical (unpaired) electrons. The molecule has 0 aliphatic rings. The van der Waals surface area contributed by atoms with Crippen molar-refractivity contribution < 1.29 is 22.4 Å². The van der Waals surface area contributed by atoms with Crippen LogP contribution in [0.25, 0.3) is 0 Å². The summed E-state index contributed by atoms with van der Waals surface area (Å²) >= 11 is 0. The van der Waals surface area contributed by atoms with Crippen molar-refractivity contribution in [2.45, 2.75) is 25.7 Å². The normalized spacial score (nSPS) is 11.8. The van der Waals surface area contributed by atoms with Crippen molar-refractivity contribution in [2.24, 2.45) is 5.73 Å². The smallest absolute Gasteiger partial charge is 0.330 e.